The van der Waals surface area contributed by atoms with Crippen LogP contribution in [0.5, 0.6) is 5.75 Å². The number of aliphatic carboxylic acids is 3. The van der Waals surface area contributed by atoms with Crippen molar-refractivity contribution >= 4 is 47.4 Å². The zero-order valence-electron chi connectivity index (χ0n) is 31.2. The van der Waals surface area contributed by atoms with Gasteiger partial charge in [-0.3, -0.25) is 33.6 Å². The highest BCUT2D eigenvalue weighted by Crippen LogP contribution is 2.13. The van der Waals surface area contributed by atoms with Crippen molar-refractivity contribution in [1.29, 1.82) is 0 Å². The summed E-state index contributed by atoms with van der Waals surface area (Å²) in [5.41, 5.74) is 12.1. The fraction of sp³-hybridized carbons (Fsp3) is 0.514. The third kappa shape index (κ3) is 17.0. The Morgan fingerprint density at radius 2 is 1.25 bits per heavy atom. The zero-order chi connectivity index (χ0) is 42.7. The van der Waals surface area contributed by atoms with Gasteiger partial charge in [-0.05, 0) is 63.3 Å². The second kappa shape index (κ2) is 23.7. The number of phenolic OH excluding ortho intramolecular Hbond substituents is 1. The standard InChI is InChI=1S/C35H51N9O13/c1-18(45)29(34(55)40-23(10-12-28(49)50)31(52)41-24(35(56)57)4-2-3-13-36)44-33(54)26(15-20-16-38-17-39-20)43-32(53)25(14-19-5-7-21(46)8-6-19)42-30(51)22(37)9-11-27(47)48/h5-8,16-18,22-26,29,45-46H,2-4,9-15,36-37H2,1H3,(H,38,39)(H,40,55)(H,41,52)(H,42,51)(H,43,53)(H,44,54)(H,47,48)(H,49,50)(H,56,57)/t18-,22+,23+,24+,25+,26+,29+/m1/s1. The van der Waals surface area contributed by atoms with Gasteiger partial charge < -0.3 is 68.6 Å². The van der Waals surface area contributed by atoms with E-state index in [4.69, 9.17) is 16.6 Å². The molecule has 22 heteroatoms. The van der Waals surface area contributed by atoms with E-state index < -0.39 is 109 Å². The number of unbranched alkanes of at least 4 members (excludes halogenated alkanes) is 1. The van der Waals surface area contributed by atoms with Crippen molar-refractivity contribution < 1.29 is 63.9 Å². The van der Waals surface area contributed by atoms with Crippen molar-refractivity contribution in [2.45, 2.75) is 107 Å². The summed E-state index contributed by atoms with van der Waals surface area (Å²) in [6.45, 7) is 1.41. The number of nitrogens with one attached hydrogen (secondary N) is 6. The van der Waals surface area contributed by atoms with Gasteiger partial charge >= 0.3 is 17.9 Å². The number of carboxylic acid groups (broad SMARTS) is 3. The van der Waals surface area contributed by atoms with Crippen molar-refractivity contribution in [2.75, 3.05) is 6.54 Å². The van der Waals surface area contributed by atoms with E-state index in [9.17, 15) is 58.8 Å². The molecule has 22 nitrogen and oxygen atoms in total. The maximum atomic E-state index is 13.8. The Hall–Kier alpha value is -6.13. The number of aliphatic hydroxyl groups is 1. The first-order chi connectivity index (χ1) is 26.9. The summed E-state index contributed by atoms with van der Waals surface area (Å²) in [7, 11) is 0. The molecule has 1 heterocycles. The summed E-state index contributed by atoms with van der Waals surface area (Å²) in [6.07, 6.45) is -0.466. The lowest BCUT2D eigenvalue weighted by atomic mass is 10.0. The third-order valence-electron chi connectivity index (χ3n) is 8.53. The van der Waals surface area contributed by atoms with Crippen LogP contribution >= 0.6 is 0 Å². The quantitative estimate of drug-likeness (QED) is 0.0421. The molecule has 0 fully saturated rings. The van der Waals surface area contributed by atoms with Crippen LogP contribution < -0.4 is 38.1 Å². The van der Waals surface area contributed by atoms with E-state index in [2.05, 4.69) is 36.6 Å². The number of carbonyl (C=O) groups excluding carboxylic acids is 5. The third-order valence-corrected chi connectivity index (χ3v) is 8.53. The molecular formula is C35H51N9O13. The van der Waals surface area contributed by atoms with E-state index in [1.54, 1.807) is 0 Å². The number of rotatable bonds is 26. The molecule has 0 bridgehead atoms. The number of nitrogens with two attached hydrogens (primary N) is 2. The minimum absolute atomic E-state index is 0.00926. The smallest absolute Gasteiger partial charge is 0.326 e. The minimum atomic E-state index is -1.81. The summed E-state index contributed by atoms with van der Waals surface area (Å²) in [4.78, 5) is 108. The molecule has 15 N–H and O–H groups in total. The minimum Gasteiger partial charge on any atom is -0.508 e. The lowest BCUT2D eigenvalue weighted by molar-refractivity contribution is -0.143. The molecule has 1 aromatic heterocycles. The van der Waals surface area contributed by atoms with Crippen molar-refractivity contribution in [3.05, 3.63) is 48.0 Å². The molecule has 0 aliphatic carbocycles. The molecule has 314 valence electrons. The van der Waals surface area contributed by atoms with Crippen LogP contribution in [0, 0.1) is 0 Å². The largest absolute Gasteiger partial charge is 0.508 e. The van der Waals surface area contributed by atoms with Gasteiger partial charge in [-0.2, -0.15) is 0 Å². The van der Waals surface area contributed by atoms with Crippen molar-refractivity contribution in [2.24, 2.45) is 11.5 Å². The molecule has 0 aliphatic rings. The number of imidazole rings is 1. The number of benzene rings is 1. The first-order valence-electron chi connectivity index (χ1n) is 18.0. The van der Waals surface area contributed by atoms with Crippen LogP contribution in [-0.4, -0.2) is 132 Å². The topological polar surface area (TPSA) is 379 Å². The molecule has 0 aliphatic heterocycles. The number of H-pyrrole nitrogens is 1. The Morgan fingerprint density at radius 3 is 1.81 bits per heavy atom. The monoisotopic (exact) mass is 805 g/mol. The summed E-state index contributed by atoms with van der Waals surface area (Å²) in [6, 6.07) is -3.45. The normalized spacial score (nSPS) is 14.7. The number of amides is 5. The van der Waals surface area contributed by atoms with Crippen LogP contribution in [0.3, 0.4) is 0 Å². The van der Waals surface area contributed by atoms with Gasteiger partial charge in [-0.15, -0.1) is 0 Å². The van der Waals surface area contributed by atoms with E-state index >= 15 is 0 Å². The Morgan fingerprint density at radius 1 is 0.702 bits per heavy atom. The molecule has 57 heavy (non-hydrogen) atoms. The number of carboxylic acids is 3. The number of aromatic amines is 1. The van der Waals surface area contributed by atoms with Gasteiger partial charge in [0.15, 0.2) is 0 Å². The second-order valence-corrected chi connectivity index (χ2v) is 13.2. The first-order valence-corrected chi connectivity index (χ1v) is 18.0. The molecule has 0 saturated heterocycles. The number of aliphatic hydroxyl groups excluding tert-OH is 1. The van der Waals surface area contributed by atoms with E-state index in [0.717, 1.165) is 6.92 Å². The number of carbonyl (C=O) groups is 8. The van der Waals surface area contributed by atoms with Gasteiger partial charge in [0, 0.05) is 37.6 Å². The predicted octanol–water partition coefficient (Wildman–Crippen LogP) is -3.02. The van der Waals surface area contributed by atoms with E-state index in [-0.39, 0.29) is 38.0 Å². The zero-order valence-corrected chi connectivity index (χ0v) is 31.2. The lowest BCUT2D eigenvalue weighted by Crippen LogP contribution is -2.61. The van der Waals surface area contributed by atoms with Crippen LogP contribution in [-0.2, 0) is 51.2 Å². The molecule has 2 aromatic rings. The molecule has 1 aromatic carbocycles. The predicted molar refractivity (Wildman–Crippen MR) is 198 cm³/mol. The van der Waals surface area contributed by atoms with Gasteiger partial charge in [0.2, 0.25) is 29.5 Å². The average molecular weight is 806 g/mol. The lowest BCUT2D eigenvalue weighted by Gasteiger charge is -2.28. The number of nitrogens with zero attached hydrogens (tertiary/aromatic N) is 1. The maximum Gasteiger partial charge on any atom is 0.326 e. The summed E-state index contributed by atoms with van der Waals surface area (Å²) >= 11 is 0. The van der Waals surface area contributed by atoms with E-state index in [0.29, 0.717) is 24.1 Å². The number of aromatic hydroxyl groups is 1. The average Bonchev–Trinajstić information content (AvgIpc) is 3.67. The summed E-state index contributed by atoms with van der Waals surface area (Å²) in [5.74, 6) is -9.02. The molecular weight excluding hydrogens is 754 g/mol. The van der Waals surface area contributed by atoms with Crippen LogP contribution in [0.4, 0.5) is 0 Å². The van der Waals surface area contributed by atoms with Gasteiger partial charge in [0.25, 0.3) is 0 Å². The van der Waals surface area contributed by atoms with Crippen molar-refractivity contribution in [3.8, 4) is 5.75 Å². The van der Waals surface area contributed by atoms with Crippen LogP contribution in [0.15, 0.2) is 36.8 Å². The maximum absolute atomic E-state index is 13.8. The molecule has 0 radical (unpaired) electrons. The molecule has 0 saturated carbocycles. The fourth-order valence-corrected chi connectivity index (χ4v) is 5.34. The van der Waals surface area contributed by atoms with Crippen LogP contribution in [0.25, 0.3) is 0 Å². The Labute approximate surface area is 326 Å². The Balaban J connectivity index is 2.36. The molecule has 0 unspecified atom stereocenters. The van der Waals surface area contributed by atoms with Crippen molar-refractivity contribution in [3.63, 3.8) is 0 Å². The second-order valence-electron chi connectivity index (χ2n) is 13.2. The number of phenols is 1. The SMILES string of the molecule is C[C@@H](O)[C@H](NC(=O)[C@H](Cc1cnc[nH]1)NC(=O)[C@H](Cc1ccc(O)cc1)NC(=O)[C@@H](N)CCC(=O)O)C(=O)N[C@@H](CCC(=O)O)C(=O)N[C@@H](CCCCN)C(=O)O. The molecule has 2 rings (SSSR count). The molecule has 5 amide bonds. The van der Waals surface area contributed by atoms with Gasteiger partial charge in [0.05, 0.1) is 18.5 Å². The molecule has 0 spiro atoms. The van der Waals surface area contributed by atoms with Crippen LogP contribution in [0.1, 0.15) is 63.1 Å². The fourth-order valence-electron chi connectivity index (χ4n) is 5.34. The highest BCUT2D eigenvalue weighted by atomic mass is 16.4. The van der Waals surface area contributed by atoms with E-state index in [1.807, 2.05) is 0 Å². The number of aromatic nitrogens is 2. The van der Waals surface area contributed by atoms with Gasteiger partial charge in [0.1, 0.15) is 36.0 Å². The Kier molecular flexibility index (Phi) is 19.6. The highest BCUT2D eigenvalue weighted by molar-refractivity contribution is 5.97. The Bertz CT molecular complexity index is 1670. The number of hydrogen-bond acceptors (Lipinski definition) is 13. The van der Waals surface area contributed by atoms with E-state index in [1.165, 1.54) is 36.8 Å². The van der Waals surface area contributed by atoms with Gasteiger partial charge in [-0.25, -0.2) is 9.78 Å². The summed E-state index contributed by atoms with van der Waals surface area (Å²) < 4.78 is 0. The highest BCUT2D eigenvalue weighted by Gasteiger charge is 2.35. The number of hydrogen-bond donors (Lipinski definition) is 13. The first kappa shape index (κ1) is 47.0. The summed E-state index contributed by atoms with van der Waals surface area (Å²) in [5, 5.41) is 60.0. The van der Waals surface area contributed by atoms with Gasteiger partial charge in [-0.1, -0.05) is 12.1 Å². The van der Waals surface area contributed by atoms with Crippen molar-refractivity contribution in [1.82, 2.24) is 36.6 Å². The van der Waals surface area contributed by atoms with Crippen LogP contribution in [0.2, 0.25) is 0 Å². The molecule has 7 atom stereocenters.